The Labute approximate surface area is 102 Å². The van der Waals surface area contributed by atoms with Gasteiger partial charge in [0, 0.05) is 7.11 Å². The fraction of sp³-hybridized carbons (Fsp3) is 0.462. The van der Waals surface area contributed by atoms with Crippen LogP contribution >= 0.6 is 0 Å². The number of phenols is 1. The Morgan fingerprint density at radius 1 is 1.41 bits per heavy atom. The van der Waals surface area contributed by atoms with E-state index in [0.29, 0.717) is 6.61 Å². The van der Waals surface area contributed by atoms with Gasteiger partial charge >= 0.3 is 0 Å². The number of benzene rings is 1. The van der Waals surface area contributed by atoms with Crippen molar-refractivity contribution in [2.75, 3.05) is 13.7 Å². The molecule has 0 saturated carbocycles. The first kappa shape index (κ1) is 13.5. The summed E-state index contributed by atoms with van der Waals surface area (Å²) < 4.78 is 5.06. The number of aromatic hydroxyl groups is 1. The van der Waals surface area contributed by atoms with Gasteiger partial charge in [-0.25, -0.2) is 0 Å². The largest absolute Gasteiger partial charge is 0.507 e. The maximum absolute atomic E-state index is 11.9. The fourth-order valence-electron chi connectivity index (χ4n) is 1.49. The van der Waals surface area contributed by atoms with Crippen LogP contribution in [0, 0.1) is 5.92 Å². The minimum Gasteiger partial charge on any atom is -0.507 e. The van der Waals surface area contributed by atoms with E-state index in [1.54, 1.807) is 25.3 Å². The zero-order chi connectivity index (χ0) is 12.8. The number of phenolic OH excluding ortho intramolecular Hbond substituents is 1. The van der Waals surface area contributed by atoms with Crippen molar-refractivity contribution in [3.05, 3.63) is 29.8 Å². The Kier molecular flexibility index (Phi) is 4.97. The van der Waals surface area contributed by atoms with E-state index < -0.39 is 0 Å². The number of nitrogens with one attached hydrogen (secondary N) is 1. The number of rotatable bonds is 5. The highest BCUT2D eigenvalue weighted by atomic mass is 16.5. The zero-order valence-corrected chi connectivity index (χ0v) is 10.4. The van der Waals surface area contributed by atoms with Gasteiger partial charge in [-0.1, -0.05) is 26.0 Å². The number of para-hydroxylation sites is 1. The Morgan fingerprint density at radius 3 is 2.59 bits per heavy atom. The molecule has 0 aliphatic rings. The Bertz CT molecular complexity index is 377. The van der Waals surface area contributed by atoms with Crippen molar-refractivity contribution in [1.29, 1.82) is 0 Å². The minimum absolute atomic E-state index is 0.00933. The van der Waals surface area contributed by atoms with E-state index in [1.165, 1.54) is 6.07 Å². The summed E-state index contributed by atoms with van der Waals surface area (Å²) in [5.41, 5.74) is 0.286. The molecule has 2 N–H and O–H groups in total. The Morgan fingerprint density at radius 2 is 2.06 bits per heavy atom. The summed E-state index contributed by atoms with van der Waals surface area (Å²) in [6.07, 6.45) is 0. The van der Waals surface area contributed by atoms with Gasteiger partial charge < -0.3 is 15.2 Å². The molecule has 1 aromatic rings. The van der Waals surface area contributed by atoms with Crippen molar-refractivity contribution < 1.29 is 14.6 Å². The number of amides is 1. The lowest BCUT2D eigenvalue weighted by atomic mass is 10.0. The molecule has 0 radical (unpaired) electrons. The smallest absolute Gasteiger partial charge is 0.255 e. The van der Waals surface area contributed by atoms with Gasteiger partial charge in [0.15, 0.2) is 0 Å². The molecule has 0 spiro atoms. The average Bonchev–Trinajstić information content (AvgIpc) is 2.28. The summed E-state index contributed by atoms with van der Waals surface area (Å²) in [7, 11) is 1.60. The van der Waals surface area contributed by atoms with Crippen LogP contribution in [-0.4, -0.2) is 30.8 Å². The van der Waals surface area contributed by atoms with Gasteiger partial charge in [0.05, 0.1) is 18.2 Å². The first-order chi connectivity index (χ1) is 8.06. The number of carbonyl (C=O) groups excluding carboxylic acids is 1. The topological polar surface area (TPSA) is 58.6 Å². The number of hydrogen-bond acceptors (Lipinski definition) is 3. The molecule has 0 aromatic heterocycles. The molecule has 17 heavy (non-hydrogen) atoms. The van der Waals surface area contributed by atoms with Crippen LogP contribution in [0.5, 0.6) is 5.75 Å². The van der Waals surface area contributed by atoms with E-state index >= 15 is 0 Å². The van der Waals surface area contributed by atoms with E-state index in [1.807, 2.05) is 13.8 Å². The van der Waals surface area contributed by atoms with Gasteiger partial charge in [-0.15, -0.1) is 0 Å². The van der Waals surface area contributed by atoms with Gasteiger partial charge in [0.1, 0.15) is 5.75 Å². The highest BCUT2D eigenvalue weighted by Gasteiger charge is 2.18. The summed E-state index contributed by atoms with van der Waals surface area (Å²) >= 11 is 0. The number of ether oxygens (including phenoxy) is 1. The molecule has 4 heteroatoms. The lowest BCUT2D eigenvalue weighted by Crippen LogP contribution is -2.41. The molecule has 0 bridgehead atoms. The highest BCUT2D eigenvalue weighted by molar-refractivity contribution is 5.96. The van der Waals surface area contributed by atoms with Crippen molar-refractivity contribution >= 4 is 5.91 Å². The lowest BCUT2D eigenvalue weighted by molar-refractivity contribution is 0.0864. The standard InChI is InChI=1S/C13H19NO3/c1-9(2)11(8-17-3)14-13(16)10-6-4-5-7-12(10)15/h4-7,9,11,15H,8H2,1-3H3,(H,14,16). The van der Waals surface area contributed by atoms with Gasteiger partial charge in [-0.05, 0) is 18.1 Å². The van der Waals surface area contributed by atoms with E-state index in [0.717, 1.165) is 0 Å². The maximum atomic E-state index is 11.9. The molecule has 0 aliphatic carbocycles. The molecule has 1 aromatic carbocycles. The quantitative estimate of drug-likeness (QED) is 0.821. The fourth-order valence-corrected chi connectivity index (χ4v) is 1.49. The Hall–Kier alpha value is -1.55. The van der Waals surface area contributed by atoms with E-state index in [-0.39, 0.29) is 29.2 Å². The number of carbonyl (C=O) groups is 1. The molecule has 0 fully saturated rings. The first-order valence-corrected chi connectivity index (χ1v) is 5.64. The van der Waals surface area contributed by atoms with Gasteiger partial charge in [0.25, 0.3) is 5.91 Å². The molecular weight excluding hydrogens is 218 g/mol. The predicted molar refractivity (Wildman–Crippen MR) is 66.1 cm³/mol. The van der Waals surface area contributed by atoms with Crippen LogP contribution in [0.2, 0.25) is 0 Å². The SMILES string of the molecule is COCC(NC(=O)c1ccccc1O)C(C)C. The molecule has 0 aliphatic heterocycles. The van der Waals surface area contributed by atoms with Gasteiger partial charge in [-0.3, -0.25) is 4.79 Å². The summed E-state index contributed by atoms with van der Waals surface area (Å²) in [4.78, 5) is 11.9. The first-order valence-electron chi connectivity index (χ1n) is 5.64. The van der Waals surface area contributed by atoms with Crippen LogP contribution in [0.1, 0.15) is 24.2 Å². The van der Waals surface area contributed by atoms with Crippen LogP contribution in [-0.2, 0) is 4.74 Å². The highest BCUT2D eigenvalue weighted by Crippen LogP contribution is 2.16. The van der Waals surface area contributed by atoms with Crippen molar-refractivity contribution in [1.82, 2.24) is 5.32 Å². The average molecular weight is 237 g/mol. The maximum Gasteiger partial charge on any atom is 0.255 e. The molecular formula is C13H19NO3. The lowest BCUT2D eigenvalue weighted by Gasteiger charge is -2.21. The third-order valence-electron chi connectivity index (χ3n) is 2.62. The second-order valence-corrected chi connectivity index (χ2v) is 4.30. The second-order valence-electron chi connectivity index (χ2n) is 4.30. The summed E-state index contributed by atoms with van der Waals surface area (Å²) in [6, 6.07) is 6.42. The third-order valence-corrected chi connectivity index (χ3v) is 2.62. The Balaban J connectivity index is 2.74. The molecule has 1 amide bonds. The van der Waals surface area contributed by atoms with Crippen LogP contribution in [0.4, 0.5) is 0 Å². The van der Waals surface area contributed by atoms with Crippen LogP contribution in [0.15, 0.2) is 24.3 Å². The van der Waals surface area contributed by atoms with E-state index in [2.05, 4.69) is 5.32 Å². The van der Waals surface area contributed by atoms with Gasteiger partial charge in [-0.2, -0.15) is 0 Å². The van der Waals surface area contributed by atoms with Crippen LogP contribution in [0.25, 0.3) is 0 Å². The molecule has 1 atom stereocenters. The van der Waals surface area contributed by atoms with Crippen molar-refractivity contribution in [3.8, 4) is 5.75 Å². The molecule has 94 valence electrons. The van der Waals surface area contributed by atoms with E-state index in [9.17, 15) is 9.90 Å². The van der Waals surface area contributed by atoms with Crippen molar-refractivity contribution in [2.45, 2.75) is 19.9 Å². The molecule has 0 saturated heterocycles. The summed E-state index contributed by atoms with van der Waals surface area (Å²) in [6.45, 7) is 4.47. The summed E-state index contributed by atoms with van der Waals surface area (Å²) in [5.74, 6) is -0.0199. The monoisotopic (exact) mass is 237 g/mol. The predicted octanol–water partition coefficient (Wildman–Crippen LogP) is 1.79. The van der Waals surface area contributed by atoms with E-state index in [4.69, 9.17) is 4.74 Å². The third kappa shape index (κ3) is 3.75. The molecule has 1 rings (SSSR count). The minimum atomic E-state index is -0.279. The molecule has 0 heterocycles. The number of methoxy groups -OCH3 is 1. The molecule has 4 nitrogen and oxygen atoms in total. The van der Waals surface area contributed by atoms with Crippen LogP contribution in [0.3, 0.4) is 0 Å². The second kappa shape index (κ2) is 6.25. The van der Waals surface area contributed by atoms with Crippen molar-refractivity contribution in [2.24, 2.45) is 5.92 Å². The summed E-state index contributed by atoms with van der Waals surface area (Å²) in [5, 5.41) is 12.4. The number of hydrogen-bond donors (Lipinski definition) is 2. The van der Waals surface area contributed by atoms with Crippen molar-refractivity contribution in [3.63, 3.8) is 0 Å². The zero-order valence-electron chi connectivity index (χ0n) is 10.4. The molecule has 1 unspecified atom stereocenters. The normalized spacial score (nSPS) is 12.5. The van der Waals surface area contributed by atoms with Crippen LogP contribution < -0.4 is 5.32 Å². The van der Waals surface area contributed by atoms with Gasteiger partial charge in [0.2, 0.25) is 0 Å².